The number of carboxylic acids is 1. The molecule has 0 saturated carbocycles. The largest absolute Gasteiger partial charge is 0.480 e. The molecule has 2 N–H and O–H groups in total. The van der Waals surface area contributed by atoms with E-state index in [2.05, 4.69) is 5.32 Å². The normalized spacial score (nSPS) is 13.5. The van der Waals surface area contributed by atoms with Crippen LogP contribution in [0, 0.1) is 0 Å². The summed E-state index contributed by atoms with van der Waals surface area (Å²) in [6.45, 7) is -0.105. The number of anilines is 2. The van der Waals surface area contributed by atoms with Crippen molar-refractivity contribution in [3.05, 3.63) is 23.8 Å². The Balaban J connectivity index is 2.27. The molecule has 22 heavy (non-hydrogen) atoms. The third-order valence-corrected chi connectivity index (χ3v) is 3.66. The van der Waals surface area contributed by atoms with Crippen LogP contribution in [0.3, 0.4) is 0 Å². The Bertz CT molecular complexity index is 615. The number of benzene rings is 1. The number of amides is 2. The number of hydrogen-bond donors (Lipinski definition) is 2. The Kier molecular flexibility index (Phi) is 4.65. The average molecular weight is 305 g/mol. The fourth-order valence-electron chi connectivity index (χ4n) is 2.47. The summed E-state index contributed by atoms with van der Waals surface area (Å²) in [5.41, 5.74) is 2.43. The lowest BCUT2D eigenvalue weighted by Crippen LogP contribution is -2.42. The van der Waals surface area contributed by atoms with Gasteiger partial charge in [0.05, 0.1) is 0 Å². The molecule has 0 atom stereocenters. The molecule has 7 heteroatoms. The molecule has 2 rings (SSSR count). The van der Waals surface area contributed by atoms with Crippen molar-refractivity contribution >= 4 is 29.2 Å². The zero-order chi connectivity index (χ0) is 16.3. The monoisotopic (exact) mass is 305 g/mol. The molecule has 0 spiro atoms. The standard InChI is InChI=1S/C15H19N3O4/c1-16-13(19)8-18-12-5-4-11(17(2)9-15(21)22)7-10(12)3-6-14(18)20/h4-5,7H,3,6,8-9H2,1-2H3,(H,16,19)(H,21,22). The lowest BCUT2D eigenvalue weighted by atomic mass is 10.00. The van der Waals surface area contributed by atoms with Crippen molar-refractivity contribution in [2.75, 3.05) is 37.0 Å². The van der Waals surface area contributed by atoms with Gasteiger partial charge in [-0.2, -0.15) is 0 Å². The van der Waals surface area contributed by atoms with Crippen molar-refractivity contribution in [2.24, 2.45) is 0 Å². The van der Waals surface area contributed by atoms with Crippen molar-refractivity contribution in [3.8, 4) is 0 Å². The zero-order valence-electron chi connectivity index (χ0n) is 12.6. The van der Waals surface area contributed by atoms with Gasteiger partial charge in [0, 0.05) is 31.9 Å². The van der Waals surface area contributed by atoms with E-state index in [0.29, 0.717) is 18.5 Å². The molecule has 2 amide bonds. The first-order chi connectivity index (χ1) is 10.4. The Morgan fingerprint density at radius 3 is 2.73 bits per heavy atom. The summed E-state index contributed by atoms with van der Waals surface area (Å²) < 4.78 is 0. The Morgan fingerprint density at radius 1 is 1.36 bits per heavy atom. The molecule has 1 heterocycles. The van der Waals surface area contributed by atoms with Gasteiger partial charge in [0.1, 0.15) is 13.1 Å². The van der Waals surface area contributed by atoms with Gasteiger partial charge >= 0.3 is 5.97 Å². The number of aryl methyl sites for hydroxylation is 1. The Hall–Kier alpha value is -2.57. The van der Waals surface area contributed by atoms with Crippen molar-refractivity contribution < 1.29 is 19.5 Å². The molecule has 1 aliphatic rings. The average Bonchev–Trinajstić information content (AvgIpc) is 2.48. The van der Waals surface area contributed by atoms with Gasteiger partial charge in [0.25, 0.3) is 0 Å². The number of rotatable bonds is 5. The van der Waals surface area contributed by atoms with Gasteiger partial charge < -0.3 is 20.2 Å². The van der Waals surface area contributed by atoms with Crippen LogP contribution in [0.15, 0.2) is 18.2 Å². The first-order valence-electron chi connectivity index (χ1n) is 6.99. The fraction of sp³-hybridized carbons (Fsp3) is 0.400. The van der Waals surface area contributed by atoms with Crippen molar-refractivity contribution in [2.45, 2.75) is 12.8 Å². The minimum Gasteiger partial charge on any atom is -0.480 e. The molecule has 118 valence electrons. The maximum Gasteiger partial charge on any atom is 0.323 e. The van der Waals surface area contributed by atoms with E-state index in [4.69, 9.17) is 5.11 Å². The van der Waals surface area contributed by atoms with Gasteiger partial charge in [0.15, 0.2) is 0 Å². The van der Waals surface area contributed by atoms with Crippen molar-refractivity contribution in [3.63, 3.8) is 0 Å². The van der Waals surface area contributed by atoms with Gasteiger partial charge in [-0.1, -0.05) is 0 Å². The number of carboxylic acid groups (broad SMARTS) is 1. The van der Waals surface area contributed by atoms with E-state index in [-0.39, 0.29) is 24.9 Å². The topological polar surface area (TPSA) is 90.0 Å². The first-order valence-corrected chi connectivity index (χ1v) is 6.99. The molecule has 0 fully saturated rings. The maximum atomic E-state index is 12.0. The molecule has 0 aliphatic carbocycles. The molecular weight excluding hydrogens is 286 g/mol. The van der Waals surface area contributed by atoms with Crippen LogP contribution in [0.2, 0.25) is 0 Å². The second-order valence-corrected chi connectivity index (χ2v) is 5.22. The highest BCUT2D eigenvalue weighted by atomic mass is 16.4. The molecule has 7 nitrogen and oxygen atoms in total. The van der Waals surface area contributed by atoms with Gasteiger partial charge in [-0.25, -0.2) is 0 Å². The molecule has 0 radical (unpaired) electrons. The zero-order valence-corrected chi connectivity index (χ0v) is 12.6. The highest BCUT2D eigenvalue weighted by molar-refractivity contribution is 6.01. The van der Waals surface area contributed by atoms with Crippen LogP contribution < -0.4 is 15.1 Å². The maximum absolute atomic E-state index is 12.0. The lowest BCUT2D eigenvalue weighted by Gasteiger charge is -2.30. The smallest absolute Gasteiger partial charge is 0.323 e. The molecule has 0 bridgehead atoms. The van der Waals surface area contributed by atoms with Crippen LogP contribution >= 0.6 is 0 Å². The first kappa shape index (κ1) is 15.8. The SMILES string of the molecule is CNC(=O)CN1C(=O)CCc2cc(N(C)CC(=O)O)ccc21. The summed E-state index contributed by atoms with van der Waals surface area (Å²) in [6.07, 6.45) is 0.934. The van der Waals surface area contributed by atoms with Crippen molar-refractivity contribution in [1.82, 2.24) is 5.32 Å². The van der Waals surface area contributed by atoms with Gasteiger partial charge in [-0.3, -0.25) is 14.4 Å². The van der Waals surface area contributed by atoms with Crippen LogP contribution in [0.25, 0.3) is 0 Å². The summed E-state index contributed by atoms with van der Waals surface area (Å²) >= 11 is 0. The van der Waals surface area contributed by atoms with E-state index in [1.165, 1.54) is 11.9 Å². The molecule has 0 aromatic heterocycles. The number of carbonyl (C=O) groups is 3. The summed E-state index contributed by atoms with van der Waals surface area (Å²) in [6, 6.07) is 5.40. The van der Waals surface area contributed by atoms with E-state index < -0.39 is 5.97 Å². The van der Waals surface area contributed by atoms with E-state index in [1.807, 2.05) is 6.07 Å². The number of carbonyl (C=O) groups excluding carboxylic acids is 2. The number of nitrogens with one attached hydrogen (secondary N) is 1. The Morgan fingerprint density at radius 2 is 2.09 bits per heavy atom. The highest BCUT2D eigenvalue weighted by Crippen LogP contribution is 2.31. The quantitative estimate of drug-likeness (QED) is 0.813. The van der Waals surface area contributed by atoms with Gasteiger partial charge in [-0.05, 0) is 30.2 Å². The number of hydrogen-bond acceptors (Lipinski definition) is 4. The summed E-state index contributed by atoms with van der Waals surface area (Å²) in [4.78, 5) is 37.5. The molecule has 0 saturated heterocycles. The number of aliphatic carboxylic acids is 1. The second-order valence-electron chi connectivity index (χ2n) is 5.22. The number of fused-ring (bicyclic) bond motifs is 1. The number of nitrogens with zero attached hydrogens (tertiary/aromatic N) is 2. The lowest BCUT2D eigenvalue weighted by molar-refractivity contribution is -0.135. The van der Waals surface area contributed by atoms with Crippen LogP contribution in [-0.2, 0) is 20.8 Å². The van der Waals surface area contributed by atoms with E-state index >= 15 is 0 Å². The van der Waals surface area contributed by atoms with Gasteiger partial charge in [0.2, 0.25) is 11.8 Å². The molecule has 1 aromatic carbocycles. The third kappa shape index (κ3) is 3.36. The summed E-state index contributed by atoms with van der Waals surface area (Å²) in [7, 11) is 3.23. The van der Waals surface area contributed by atoms with E-state index in [9.17, 15) is 14.4 Å². The number of likely N-dealkylation sites (N-methyl/N-ethyl adjacent to an activating group) is 2. The minimum absolute atomic E-state index is 0.00730. The van der Waals surface area contributed by atoms with Gasteiger partial charge in [-0.15, -0.1) is 0 Å². The van der Waals surface area contributed by atoms with Crippen LogP contribution in [0.1, 0.15) is 12.0 Å². The third-order valence-electron chi connectivity index (χ3n) is 3.66. The summed E-state index contributed by atoms with van der Waals surface area (Å²) in [5, 5.41) is 11.4. The van der Waals surface area contributed by atoms with E-state index in [1.54, 1.807) is 24.1 Å². The fourth-order valence-corrected chi connectivity index (χ4v) is 2.47. The highest BCUT2D eigenvalue weighted by Gasteiger charge is 2.26. The second kappa shape index (κ2) is 6.46. The molecule has 1 aromatic rings. The van der Waals surface area contributed by atoms with Crippen LogP contribution in [0.4, 0.5) is 11.4 Å². The predicted molar refractivity (Wildman–Crippen MR) is 82.1 cm³/mol. The Labute approximate surface area is 128 Å². The van der Waals surface area contributed by atoms with Crippen LogP contribution in [0.5, 0.6) is 0 Å². The molecular formula is C15H19N3O4. The molecule has 1 aliphatic heterocycles. The molecule has 0 unspecified atom stereocenters. The van der Waals surface area contributed by atoms with Crippen LogP contribution in [-0.4, -0.2) is 50.1 Å². The summed E-state index contributed by atoms with van der Waals surface area (Å²) in [5.74, 6) is -1.22. The van der Waals surface area contributed by atoms with E-state index in [0.717, 1.165) is 11.3 Å². The van der Waals surface area contributed by atoms with Crippen molar-refractivity contribution in [1.29, 1.82) is 0 Å². The predicted octanol–water partition coefficient (Wildman–Crippen LogP) is 0.233. The minimum atomic E-state index is -0.906.